The first-order chi connectivity index (χ1) is 7.34. The number of ether oxygens (including phenoxy) is 1. The van der Waals surface area contributed by atoms with Crippen LogP contribution in [-0.2, 0) is 4.74 Å². The number of nitrogens with one attached hydrogen (secondary N) is 1. The fourth-order valence-electron chi connectivity index (χ4n) is 2.43. The van der Waals surface area contributed by atoms with Crippen molar-refractivity contribution in [3.63, 3.8) is 0 Å². The molecule has 0 aromatic heterocycles. The number of thioether (sulfide) groups is 1. The fraction of sp³-hybridized carbons (Fsp3) is 1.00. The van der Waals surface area contributed by atoms with Gasteiger partial charge in [-0.1, -0.05) is 0 Å². The van der Waals surface area contributed by atoms with Crippen molar-refractivity contribution in [3.8, 4) is 0 Å². The van der Waals surface area contributed by atoms with Crippen molar-refractivity contribution in [1.29, 1.82) is 0 Å². The van der Waals surface area contributed by atoms with Crippen molar-refractivity contribution in [2.24, 2.45) is 5.92 Å². The molecule has 0 amide bonds. The molecule has 2 nitrogen and oxygen atoms in total. The highest BCUT2D eigenvalue weighted by Crippen LogP contribution is 2.22. The first-order valence-corrected chi connectivity index (χ1v) is 7.44. The van der Waals surface area contributed by atoms with Gasteiger partial charge in [0.15, 0.2) is 0 Å². The van der Waals surface area contributed by atoms with Crippen LogP contribution in [0.25, 0.3) is 0 Å². The third-order valence-electron chi connectivity index (χ3n) is 3.47. The van der Waals surface area contributed by atoms with Gasteiger partial charge in [-0.25, -0.2) is 0 Å². The molecular weight excluding hydrogens is 206 g/mol. The predicted molar refractivity (Wildman–Crippen MR) is 66.5 cm³/mol. The van der Waals surface area contributed by atoms with Gasteiger partial charge in [0.1, 0.15) is 0 Å². The minimum absolute atomic E-state index is 0.484. The molecule has 0 bridgehead atoms. The molecule has 2 aliphatic rings. The molecule has 2 unspecified atom stereocenters. The second kappa shape index (κ2) is 6.12. The van der Waals surface area contributed by atoms with E-state index in [9.17, 15) is 0 Å². The predicted octanol–water partition coefficient (Wildman–Crippen LogP) is 2.29. The smallest absolute Gasteiger partial charge is 0.0704 e. The summed E-state index contributed by atoms with van der Waals surface area (Å²) in [5.74, 6) is 3.65. The van der Waals surface area contributed by atoms with Crippen molar-refractivity contribution >= 4 is 11.8 Å². The summed E-state index contributed by atoms with van der Waals surface area (Å²) < 4.78 is 5.78. The summed E-state index contributed by atoms with van der Waals surface area (Å²) in [7, 11) is 0. The zero-order chi connectivity index (χ0) is 10.5. The Balaban J connectivity index is 1.54. The largest absolute Gasteiger partial charge is 0.374 e. The Kier molecular flexibility index (Phi) is 4.79. The molecule has 2 aliphatic heterocycles. The molecule has 2 rings (SSSR count). The van der Waals surface area contributed by atoms with Gasteiger partial charge in [-0.2, -0.15) is 11.8 Å². The summed E-state index contributed by atoms with van der Waals surface area (Å²) in [4.78, 5) is 0. The molecule has 0 saturated carbocycles. The molecule has 15 heavy (non-hydrogen) atoms. The van der Waals surface area contributed by atoms with Crippen molar-refractivity contribution in [1.82, 2.24) is 5.32 Å². The van der Waals surface area contributed by atoms with Crippen LogP contribution in [0, 0.1) is 5.92 Å². The van der Waals surface area contributed by atoms with Gasteiger partial charge in [-0.15, -0.1) is 0 Å². The lowest BCUT2D eigenvalue weighted by atomic mass is 10.0. The van der Waals surface area contributed by atoms with Gasteiger partial charge in [0.25, 0.3) is 0 Å². The zero-order valence-corrected chi connectivity index (χ0v) is 10.5. The second-order valence-corrected chi connectivity index (χ2v) is 6.08. The molecular formula is C12H23NOS. The number of rotatable bonds is 4. The normalized spacial score (nSPS) is 33.4. The van der Waals surface area contributed by atoms with Gasteiger partial charge >= 0.3 is 0 Å². The van der Waals surface area contributed by atoms with E-state index in [4.69, 9.17) is 4.74 Å². The van der Waals surface area contributed by atoms with E-state index in [2.05, 4.69) is 24.0 Å². The molecule has 2 heterocycles. The van der Waals surface area contributed by atoms with E-state index in [-0.39, 0.29) is 0 Å². The van der Waals surface area contributed by atoms with E-state index in [0.717, 1.165) is 12.5 Å². The van der Waals surface area contributed by atoms with Gasteiger partial charge in [0.05, 0.1) is 12.2 Å². The molecule has 0 aromatic rings. The standard InChI is InChI=1S/C12H23NOS/c1-10-2-3-12(14-10)9-13-8-11-4-6-15-7-5-11/h10-13H,2-9H2,1H3. The molecule has 88 valence electrons. The van der Waals surface area contributed by atoms with Crippen molar-refractivity contribution < 1.29 is 4.74 Å². The highest BCUT2D eigenvalue weighted by Gasteiger charge is 2.21. The Morgan fingerprint density at radius 3 is 2.60 bits per heavy atom. The van der Waals surface area contributed by atoms with Crippen molar-refractivity contribution in [2.75, 3.05) is 24.6 Å². The minimum Gasteiger partial charge on any atom is -0.374 e. The van der Waals surface area contributed by atoms with Crippen LogP contribution in [0.4, 0.5) is 0 Å². The monoisotopic (exact) mass is 229 g/mol. The first kappa shape index (κ1) is 11.7. The van der Waals surface area contributed by atoms with Gasteiger partial charge < -0.3 is 10.1 Å². The third-order valence-corrected chi connectivity index (χ3v) is 4.51. The van der Waals surface area contributed by atoms with Gasteiger partial charge in [-0.05, 0) is 56.6 Å². The Labute approximate surface area is 97.5 Å². The van der Waals surface area contributed by atoms with Crippen molar-refractivity contribution in [2.45, 2.75) is 44.8 Å². The summed E-state index contributed by atoms with van der Waals surface area (Å²) in [6, 6.07) is 0. The Morgan fingerprint density at radius 2 is 1.93 bits per heavy atom. The SMILES string of the molecule is CC1CCC(CNCC2CCSCC2)O1. The maximum Gasteiger partial charge on any atom is 0.0704 e. The van der Waals surface area contributed by atoms with Gasteiger partial charge in [0, 0.05) is 6.54 Å². The summed E-state index contributed by atoms with van der Waals surface area (Å²) in [6.45, 7) is 4.45. The van der Waals surface area contributed by atoms with Gasteiger partial charge in [-0.3, -0.25) is 0 Å². The zero-order valence-electron chi connectivity index (χ0n) is 9.71. The van der Waals surface area contributed by atoms with Crippen LogP contribution in [0.2, 0.25) is 0 Å². The van der Waals surface area contributed by atoms with Crippen LogP contribution in [0.3, 0.4) is 0 Å². The molecule has 0 spiro atoms. The Bertz CT molecular complexity index is 178. The fourth-order valence-corrected chi connectivity index (χ4v) is 3.64. The molecule has 1 N–H and O–H groups in total. The summed E-state index contributed by atoms with van der Waals surface area (Å²) >= 11 is 2.11. The van der Waals surface area contributed by atoms with E-state index < -0.39 is 0 Å². The molecule has 0 radical (unpaired) electrons. The molecule has 0 aliphatic carbocycles. The summed E-state index contributed by atoms with van der Waals surface area (Å²) in [5.41, 5.74) is 0. The maximum atomic E-state index is 5.78. The lowest BCUT2D eigenvalue weighted by Gasteiger charge is -2.22. The summed E-state index contributed by atoms with van der Waals surface area (Å²) in [5, 5.41) is 3.58. The average Bonchev–Trinajstić information content (AvgIpc) is 2.66. The minimum atomic E-state index is 0.484. The first-order valence-electron chi connectivity index (χ1n) is 6.28. The highest BCUT2D eigenvalue weighted by atomic mass is 32.2. The van der Waals surface area contributed by atoms with E-state index in [1.165, 1.54) is 43.7 Å². The quantitative estimate of drug-likeness (QED) is 0.799. The van der Waals surface area contributed by atoms with Gasteiger partial charge in [0.2, 0.25) is 0 Å². The molecule has 2 fully saturated rings. The van der Waals surface area contributed by atoms with Crippen LogP contribution in [0.5, 0.6) is 0 Å². The van der Waals surface area contributed by atoms with E-state index in [1.807, 2.05) is 0 Å². The Hall–Kier alpha value is 0.270. The molecule has 2 saturated heterocycles. The van der Waals surface area contributed by atoms with Crippen LogP contribution < -0.4 is 5.32 Å². The topological polar surface area (TPSA) is 21.3 Å². The van der Waals surface area contributed by atoms with E-state index in [1.54, 1.807) is 0 Å². The van der Waals surface area contributed by atoms with E-state index in [0.29, 0.717) is 12.2 Å². The van der Waals surface area contributed by atoms with Crippen LogP contribution in [0.1, 0.15) is 32.6 Å². The molecule has 0 aromatic carbocycles. The third kappa shape index (κ3) is 3.97. The average molecular weight is 229 g/mol. The Morgan fingerprint density at radius 1 is 1.13 bits per heavy atom. The molecule has 2 atom stereocenters. The molecule has 3 heteroatoms. The lowest BCUT2D eigenvalue weighted by molar-refractivity contribution is 0.0555. The van der Waals surface area contributed by atoms with Crippen molar-refractivity contribution in [3.05, 3.63) is 0 Å². The second-order valence-electron chi connectivity index (χ2n) is 4.86. The van der Waals surface area contributed by atoms with Crippen LogP contribution in [-0.4, -0.2) is 36.8 Å². The maximum absolute atomic E-state index is 5.78. The highest BCUT2D eigenvalue weighted by molar-refractivity contribution is 7.99. The van der Waals surface area contributed by atoms with Crippen LogP contribution >= 0.6 is 11.8 Å². The lowest BCUT2D eigenvalue weighted by Crippen LogP contribution is -2.32. The van der Waals surface area contributed by atoms with Crippen LogP contribution in [0.15, 0.2) is 0 Å². The number of hydrogen-bond donors (Lipinski definition) is 1. The number of hydrogen-bond acceptors (Lipinski definition) is 3. The summed E-state index contributed by atoms with van der Waals surface area (Å²) in [6.07, 6.45) is 6.26. The van der Waals surface area contributed by atoms with E-state index >= 15 is 0 Å².